The Morgan fingerprint density at radius 1 is 1.03 bits per heavy atom. The molecular weight excluding hydrogens is 417 g/mol. The molecule has 0 radical (unpaired) electrons. The van der Waals surface area contributed by atoms with Crippen LogP contribution in [-0.4, -0.2) is 31.5 Å². The Labute approximate surface area is 166 Å². The van der Waals surface area contributed by atoms with Crippen LogP contribution in [-0.2, 0) is 14.3 Å². The van der Waals surface area contributed by atoms with Gasteiger partial charge in [0.05, 0.1) is 5.69 Å². The highest BCUT2D eigenvalue weighted by Crippen LogP contribution is 2.25. The van der Waals surface area contributed by atoms with Crippen molar-refractivity contribution < 1.29 is 45.8 Å². The molecule has 0 aromatic heterocycles. The number of hydrogen-bond acceptors (Lipinski definition) is 5. The number of esters is 1. The van der Waals surface area contributed by atoms with E-state index in [0.29, 0.717) is 5.56 Å². The fourth-order valence-corrected chi connectivity index (χ4v) is 2.08. The van der Waals surface area contributed by atoms with E-state index in [9.17, 15) is 31.5 Å². The third-order valence-electron chi connectivity index (χ3n) is 3.25. The fourth-order valence-electron chi connectivity index (χ4n) is 2.08. The van der Waals surface area contributed by atoms with Crippen LogP contribution in [0.4, 0.5) is 27.6 Å². The van der Waals surface area contributed by atoms with Crippen LogP contribution in [0.3, 0.4) is 0 Å². The maximum absolute atomic E-state index is 12.3. The molecule has 2 aromatic carbocycles. The topological polar surface area (TPSA) is 73.9 Å². The van der Waals surface area contributed by atoms with Gasteiger partial charge in [-0.05, 0) is 35.9 Å². The lowest BCUT2D eigenvalue weighted by atomic mass is 10.2. The van der Waals surface area contributed by atoms with Crippen molar-refractivity contribution in [2.75, 3.05) is 11.9 Å². The molecule has 0 aliphatic rings. The molecule has 0 saturated carbocycles. The van der Waals surface area contributed by atoms with E-state index in [1.54, 1.807) is 0 Å². The second-order valence-electron chi connectivity index (χ2n) is 5.48. The number of halogens is 5. The summed E-state index contributed by atoms with van der Waals surface area (Å²) in [5, 5.41) is 2.27. The second kappa shape index (κ2) is 10.2. The van der Waals surface area contributed by atoms with Crippen molar-refractivity contribution in [3.63, 3.8) is 0 Å². The Balaban J connectivity index is 1.84. The average Bonchev–Trinajstić information content (AvgIpc) is 2.66. The molecule has 160 valence electrons. The SMILES string of the molecule is O=C(COC(=O)/C=C/c1ccc(OC(F)(F)F)cc1)Nc1ccccc1OC(F)F. The summed E-state index contributed by atoms with van der Waals surface area (Å²) < 4.78 is 73.6. The standard InChI is InChI=1S/C19H14F5NO5/c20-18(21)29-15-4-2-1-3-14(15)25-16(26)11-28-17(27)10-7-12-5-8-13(9-6-12)30-19(22,23)24/h1-10,18H,11H2,(H,25,26)/b10-7+. The molecule has 0 aliphatic carbocycles. The molecule has 0 saturated heterocycles. The van der Waals surface area contributed by atoms with Crippen molar-refractivity contribution in [1.82, 2.24) is 0 Å². The molecule has 0 heterocycles. The van der Waals surface area contributed by atoms with Gasteiger partial charge in [0.15, 0.2) is 6.61 Å². The number of amides is 1. The first-order valence-electron chi connectivity index (χ1n) is 8.17. The molecule has 0 aliphatic heterocycles. The number of carbonyl (C=O) groups is 2. The number of hydrogen-bond donors (Lipinski definition) is 1. The van der Waals surface area contributed by atoms with Crippen molar-refractivity contribution in [1.29, 1.82) is 0 Å². The first kappa shape index (κ1) is 22.7. The van der Waals surface area contributed by atoms with Crippen molar-refractivity contribution in [2.45, 2.75) is 13.0 Å². The number of nitrogens with one attached hydrogen (secondary N) is 1. The van der Waals surface area contributed by atoms with E-state index in [-0.39, 0.29) is 11.4 Å². The van der Waals surface area contributed by atoms with E-state index in [4.69, 9.17) is 4.74 Å². The lowest BCUT2D eigenvalue weighted by Crippen LogP contribution is -2.20. The third kappa shape index (κ3) is 8.17. The Morgan fingerprint density at radius 3 is 2.33 bits per heavy atom. The van der Waals surface area contributed by atoms with Gasteiger partial charge in [-0.1, -0.05) is 24.3 Å². The van der Waals surface area contributed by atoms with Gasteiger partial charge < -0.3 is 19.5 Å². The predicted molar refractivity (Wildman–Crippen MR) is 94.8 cm³/mol. The van der Waals surface area contributed by atoms with Crippen LogP contribution in [0.1, 0.15) is 5.56 Å². The smallest absolute Gasteiger partial charge is 0.452 e. The average molecular weight is 431 g/mol. The van der Waals surface area contributed by atoms with E-state index in [1.165, 1.54) is 42.5 Å². The summed E-state index contributed by atoms with van der Waals surface area (Å²) in [4.78, 5) is 23.5. The van der Waals surface area contributed by atoms with Gasteiger partial charge in [0.25, 0.3) is 5.91 Å². The third-order valence-corrected chi connectivity index (χ3v) is 3.25. The van der Waals surface area contributed by atoms with Crippen LogP contribution < -0.4 is 14.8 Å². The molecule has 2 aromatic rings. The van der Waals surface area contributed by atoms with Gasteiger partial charge in [0.1, 0.15) is 11.5 Å². The fraction of sp³-hybridized carbons (Fsp3) is 0.158. The van der Waals surface area contributed by atoms with Crippen molar-refractivity contribution in [2.24, 2.45) is 0 Å². The van der Waals surface area contributed by atoms with Crippen LogP contribution in [0.25, 0.3) is 6.08 Å². The van der Waals surface area contributed by atoms with Gasteiger partial charge >= 0.3 is 18.9 Å². The zero-order valence-electron chi connectivity index (χ0n) is 15.0. The maximum Gasteiger partial charge on any atom is 0.573 e. The normalized spacial score (nSPS) is 11.4. The second-order valence-corrected chi connectivity index (χ2v) is 5.48. The monoisotopic (exact) mass is 431 g/mol. The number of rotatable bonds is 8. The largest absolute Gasteiger partial charge is 0.573 e. The van der Waals surface area contributed by atoms with Crippen LogP contribution in [0.2, 0.25) is 0 Å². The van der Waals surface area contributed by atoms with Crippen LogP contribution in [0, 0.1) is 0 Å². The summed E-state index contributed by atoms with van der Waals surface area (Å²) in [6, 6.07) is 10.1. The molecule has 6 nitrogen and oxygen atoms in total. The molecule has 1 amide bonds. The molecule has 30 heavy (non-hydrogen) atoms. The van der Waals surface area contributed by atoms with Gasteiger partial charge in [-0.25, -0.2) is 4.79 Å². The maximum atomic E-state index is 12.3. The molecule has 0 fully saturated rings. The lowest BCUT2D eigenvalue weighted by molar-refractivity contribution is -0.274. The number of carbonyl (C=O) groups excluding carboxylic acids is 2. The Morgan fingerprint density at radius 2 is 1.70 bits per heavy atom. The van der Waals surface area contributed by atoms with Gasteiger partial charge in [0, 0.05) is 6.08 Å². The summed E-state index contributed by atoms with van der Waals surface area (Å²) in [5.74, 6) is -2.38. The van der Waals surface area contributed by atoms with E-state index in [1.807, 2.05) is 0 Å². The number of ether oxygens (including phenoxy) is 3. The van der Waals surface area contributed by atoms with Crippen LogP contribution in [0.5, 0.6) is 11.5 Å². The summed E-state index contributed by atoms with van der Waals surface area (Å²) in [6.45, 7) is -3.79. The molecule has 0 bridgehead atoms. The van der Waals surface area contributed by atoms with Crippen molar-refractivity contribution >= 4 is 23.6 Å². The van der Waals surface area contributed by atoms with Crippen LogP contribution >= 0.6 is 0 Å². The summed E-state index contributed by atoms with van der Waals surface area (Å²) in [5.41, 5.74) is 0.347. The minimum atomic E-state index is -4.81. The summed E-state index contributed by atoms with van der Waals surface area (Å²) >= 11 is 0. The minimum Gasteiger partial charge on any atom is -0.452 e. The molecular formula is C19H14F5NO5. The first-order chi connectivity index (χ1) is 14.1. The Bertz CT molecular complexity index is 897. The molecule has 1 N–H and O–H groups in total. The van der Waals surface area contributed by atoms with E-state index in [2.05, 4.69) is 14.8 Å². The van der Waals surface area contributed by atoms with Gasteiger partial charge in [-0.3, -0.25) is 4.79 Å². The lowest BCUT2D eigenvalue weighted by Gasteiger charge is -2.11. The number of alkyl halides is 5. The van der Waals surface area contributed by atoms with Gasteiger partial charge in [-0.2, -0.15) is 8.78 Å². The number of benzene rings is 2. The number of anilines is 1. The Kier molecular flexibility index (Phi) is 7.73. The Hall–Kier alpha value is -3.63. The molecule has 0 unspecified atom stereocenters. The zero-order chi connectivity index (χ0) is 22.1. The first-order valence-corrected chi connectivity index (χ1v) is 8.17. The van der Waals surface area contributed by atoms with Gasteiger partial charge in [-0.15, -0.1) is 13.2 Å². The van der Waals surface area contributed by atoms with Crippen LogP contribution in [0.15, 0.2) is 54.6 Å². The molecule has 0 spiro atoms. The van der Waals surface area contributed by atoms with E-state index < -0.39 is 37.2 Å². The highest BCUT2D eigenvalue weighted by Gasteiger charge is 2.30. The highest BCUT2D eigenvalue weighted by atomic mass is 19.4. The quantitative estimate of drug-likeness (QED) is 0.382. The van der Waals surface area contributed by atoms with E-state index >= 15 is 0 Å². The minimum absolute atomic E-state index is 0.0319. The van der Waals surface area contributed by atoms with Gasteiger partial charge in [0.2, 0.25) is 0 Å². The summed E-state index contributed by atoms with van der Waals surface area (Å²) in [7, 11) is 0. The predicted octanol–water partition coefficient (Wildman–Crippen LogP) is 4.38. The molecule has 2 rings (SSSR count). The molecule has 11 heteroatoms. The van der Waals surface area contributed by atoms with E-state index in [0.717, 1.165) is 18.2 Å². The van der Waals surface area contributed by atoms with Crippen molar-refractivity contribution in [3.05, 3.63) is 60.2 Å². The van der Waals surface area contributed by atoms with Crippen molar-refractivity contribution in [3.8, 4) is 11.5 Å². The molecule has 0 atom stereocenters. The highest BCUT2D eigenvalue weighted by molar-refractivity contribution is 5.95. The summed E-state index contributed by atoms with van der Waals surface area (Å²) in [6.07, 6.45) is -2.60. The zero-order valence-corrected chi connectivity index (χ0v) is 15.0. The number of para-hydroxylation sites is 2.